The maximum atomic E-state index is 12.8. The minimum Gasteiger partial charge on any atom is -0.467 e. The molecule has 1 aromatic carbocycles. The molecule has 26 heavy (non-hydrogen) atoms. The van der Waals surface area contributed by atoms with Crippen LogP contribution in [0.15, 0.2) is 41.0 Å². The lowest BCUT2D eigenvalue weighted by molar-refractivity contribution is -0.133. The number of likely N-dealkylation sites (N-methyl/N-ethyl adjacent to an activating group) is 1. The van der Waals surface area contributed by atoms with Crippen LogP contribution in [0, 0.1) is 5.92 Å². The maximum absolute atomic E-state index is 12.8. The quantitative estimate of drug-likeness (QED) is 0.754. The predicted octanol–water partition coefficient (Wildman–Crippen LogP) is 4.39. The highest BCUT2D eigenvalue weighted by atomic mass is 35.5. The normalized spacial score (nSPS) is 12.1. The Balaban J connectivity index is 2.12. The van der Waals surface area contributed by atoms with Gasteiger partial charge < -0.3 is 14.6 Å². The van der Waals surface area contributed by atoms with Gasteiger partial charge in [-0.05, 0) is 42.7 Å². The summed E-state index contributed by atoms with van der Waals surface area (Å²) in [5.41, 5.74) is 0.284. The van der Waals surface area contributed by atoms with Gasteiger partial charge in [-0.2, -0.15) is 0 Å². The van der Waals surface area contributed by atoms with Gasteiger partial charge in [0.1, 0.15) is 11.8 Å². The van der Waals surface area contributed by atoms with Gasteiger partial charge in [-0.15, -0.1) is 0 Å². The van der Waals surface area contributed by atoms with Crippen molar-refractivity contribution in [2.45, 2.75) is 32.9 Å². The lowest BCUT2D eigenvalue weighted by Crippen LogP contribution is -2.47. The fraction of sp³-hybridized carbons (Fsp3) is 0.368. The Labute approximate surface area is 163 Å². The number of halogens is 2. The van der Waals surface area contributed by atoms with Gasteiger partial charge in [-0.1, -0.05) is 37.0 Å². The highest BCUT2D eigenvalue weighted by Crippen LogP contribution is 2.21. The Morgan fingerprint density at radius 1 is 1.23 bits per heavy atom. The molecule has 0 saturated carbocycles. The fourth-order valence-electron chi connectivity index (χ4n) is 2.58. The van der Waals surface area contributed by atoms with Crippen LogP contribution in [0.5, 0.6) is 0 Å². The van der Waals surface area contributed by atoms with Crippen molar-refractivity contribution >= 4 is 35.0 Å². The third kappa shape index (κ3) is 5.51. The molecule has 0 saturated heterocycles. The zero-order valence-electron chi connectivity index (χ0n) is 15.0. The zero-order valence-corrected chi connectivity index (χ0v) is 16.5. The number of hydrogen-bond acceptors (Lipinski definition) is 3. The minimum atomic E-state index is -0.658. The lowest BCUT2D eigenvalue weighted by atomic mass is 10.0. The first kappa shape index (κ1) is 20.3. The molecule has 0 aliphatic rings. The number of nitrogens with zero attached hydrogens (tertiary/aromatic N) is 1. The second-order valence-electron chi connectivity index (χ2n) is 6.55. The Bertz CT molecular complexity index is 760. The van der Waals surface area contributed by atoms with Gasteiger partial charge in [0.25, 0.3) is 5.91 Å². The van der Waals surface area contributed by atoms with Gasteiger partial charge >= 0.3 is 0 Å². The summed E-state index contributed by atoms with van der Waals surface area (Å²) in [4.78, 5) is 26.9. The van der Waals surface area contributed by atoms with E-state index in [1.807, 2.05) is 13.8 Å². The van der Waals surface area contributed by atoms with E-state index in [0.717, 1.165) is 0 Å². The second-order valence-corrected chi connectivity index (χ2v) is 7.40. The number of amides is 2. The number of rotatable bonds is 7. The molecule has 2 amide bonds. The van der Waals surface area contributed by atoms with Crippen LogP contribution < -0.4 is 5.32 Å². The topological polar surface area (TPSA) is 62.6 Å². The maximum Gasteiger partial charge on any atom is 0.253 e. The van der Waals surface area contributed by atoms with Gasteiger partial charge in [-0.3, -0.25) is 9.59 Å². The molecule has 1 heterocycles. The molecule has 0 fully saturated rings. The van der Waals surface area contributed by atoms with Crippen molar-refractivity contribution in [2.75, 3.05) is 7.05 Å². The molecular weight excluding hydrogens is 375 g/mol. The number of hydrogen-bond donors (Lipinski definition) is 1. The van der Waals surface area contributed by atoms with Crippen LogP contribution in [-0.2, 0) is 11.3 Å². The Morgan fingerprint density at radius 3 is 2.54 bits per heavy atom. The average Bonchev–Trinajstić information content (AvgIpc) is 3.05. The molecule has 0 spiro atoms. The van der Waals surface area contributed by atoms with E-state index in [2.05, 4.69) is 5.32 Å². The molecule has 0 unspecified atom stereocenters. The van der Waals surface area contributed by atoms with E-state index in [-0.39, 0.29) is 22.4 Å². The van der Waals surface area contributed by atoms with Gasteiger partial charge in [0.2, 0.25) is 5.91 Å². The van der Waals surface area contributed by atoms with Gasteiger partial charge in [-0.25, -0.2) is 0 Å². The summed E-state index contributed by atoms with van der Waals surface area (Å²) < 4.78 is 5.28. The number of furan rings is 1. The van der Waals surface area contributed by atoms with Crippen LogP contribution >= 0.6 is 23.2 Å². The zero-order chi connectivity index (χ0) is 19.3. The van der Waals surface area contributed by atoms with Gasteiger partial charge in [0, 0.05) is 12.1 Å². The second kappa shape index (κ2) is 9.10. The summed E-state index contributed by atoms with van der Waals surface area (Å²) in [6, 6.07) is 7.54. The molecule has 0 aliphatic heterocycles. The van der Waals surface area contributed by atoms with Crippen LogP contribution in [0.1, 0.15) is 36.4 Å². The summed E-state index contributed by atoms with van der Waals surface area (Å²) in [6.07, 6.45) is 2.07. The van der Waals surface area contributed by atoms with E-state index >= 15 is 0 Å². The summed E-state index contributed by atoms with van der Waals surface area (Å²) >= 11 is 12.0. The van der Waals surface area contributed by atoms with E-state index in [1.165, 1.54) is 11.0 Å². The van der Waals surface area contributed by atoms with Crippen LogP contribution in [0.4, 0.5) is 0 Å². The van der Waals surface area contributed by atoms with Crippen LogP contribution in [0.2, 0.25) is 10.0 Å². The average molecular weight is 397 g/mol. The van der Waals surface area contributed by atoms with Crippen molar-refractivity contribution in [3.63, 3.8) is 0 Å². The molecule has 2 rings (SSSR count). The summed E-state index contributed by atoms with van der Waals surface area (Å²) in [7, 11) is 1.68. The first-order valence-electron chi connectivity index (χ1n) is 8.31. The fourth-order valence-corrected chi connectivity index (χ4v) is 3.08. The van der Waals surface area contributed by atoms with Crippen LogP contribution in [0.3, 0.4) is 0 Å². The van der Waals surface area contributed by atoms with Crippen molar-refractivity contribution in [3.05, 3.63) is 58.0 Å². The largest absolute Gasteiger partial charge is 0.467 e. The number of carbonyl (C=O) groups is 2. The Morgan fingerprint density at radius 2 is 1.96 bits per heavy atom. The summed E-state index contributed by atoms with van der Waals surface area (Å²) in [5, 5.41) is 3.49. The third-order valence-electron chi connectivity index (χ3n) is 3.84. The Kier molecular flexibility index (Phi) is 7.12. The monoisotopic (exact) mass is 396 g/mol. The van der Waals surface area contributed by atoms with Crippen molar-refractivity contribution < 1.29 is 14.0 Å². The summed E-state index contributed by atoms with van der Waals surface area (Å²) in [6.45, 7) is 4.32. The van der Waals surface area contributed by atoms with E-state index in [4.69, 9.17) is 27.6 Å². The van der Waals surface area contributed by atoms with E-state index < -0.39 is 11.9 Å². The first-order valence-corrected chi connectivity index (χ1v) is 9.06. The van der Waals surface area contributed by atoms with Crippen molar-refractivity contribution in [2.24, 2.45) is 5.92 Å². The molecular formula is C19H22Cl2N2O3. The lowest BCUT2D eigenvalue weighted by Gasteiger charge is -2.25. The highest BCUT2D eigenvalue weighted by Gasteiger charge is 2.26. The molecule has 140 valence electrons. The minimum absolute atomic E-state index is 0.187. The number of carbonyl (C=O) groups excluding carboxylic acids is 2. The third-order valence-corrected chi connectivity index (χ3v) is 4.38. The van der Waals surface area contributed by atoms with Crippen LogP contribution in [-0.4, -0.2) is 29.8 Å². The standard InChI is InChI=1S/C19H22Cl2N2O3/c1-12(2)9-17(19(25)23(3)11-14-5-4-8-26-14)22-18(24)15-7-6-13(20)10-16(15)21/h4-8,10,12,17H,9,11H2,1-3H3,(H,22,24)/t17-/m1/s1. The van der Waals surface area contributed by atoms with E-state index in [1.54, 1.807) is 37.6 Å². The number of nitrogens with one attached hydrogen (secondary N) is 1. The SMILES string of the molecule is CC(C)C[C@@H](NC(=O)c1ccc(Cl)cc1Cl)C(=O)N(C)Cc1ccco1. The summed E-state index contributed by atoms with van der Waals surface area (Å²) in [5.74, 6) is 0.309. The molecule has 1 atom stereocenters. The van der Waals surface area contributed by atoms with Crippen LogP contribution in [0.25, 0.3) is 0 Å². The van der Waals surface area contributed by atoms with Crippen molar-refractivity contribution in [1.82, 2.24) is 10.2 Å². The van der Waals surface area contributed by atoms with Crippen molar-refractivity contribution in [1.29, 1.82) is 0 Å². The molecule has 0 aliphatic carbocycles. The molecule has 1 N–H and O–H groups in total. The first-order chi connectivity index (χ1) is 12.3. The smallest absolute Gasteiger partial charge is 0.253 e. The molecule has 0 bridgehead atoms. The highest BCUT2D eigenvalue weighted by molar-refractivity contribution is 6.36. The molecule has 0 radical (unpaired) electrons. The van der Waals surface area contributed by atoms with E-state index in [9.17, 15) is 9.59 Å². The predicted molar refractivity (Wildman–Crippen MR) is 102 cm³/mol. The molecule has 7 heteroatoms. The van der Waals surface area contributed by atoms with Crippen molar-refractivity contribution in [3.8, 4) is 0 Å². The molecule has 5 nitrogen and oxygen atoms in total. The number of benzene rings is 1. The van der Waals surface area contributed by atoms with Gasteiger partial charge in [0.15, 0.2) is 0 Å². The van der Waals surface area contributed by atoms with E-state index in [0.29, 0.717) is 23.7 Å². The van der Waals surface area contributed by atoms with Gasteiger partial charge in [0.05, 0.1) is 23.4 Å². The Hall–Kier alpha value is -1.98. The molecule has 2 aromatic rings. The molecule has 1 aromatic heterocycles.